The van der Waals surface area contributed by atoms with E-state index in [1.54, 1.807) is 24.5 Å². The molecule has 3 heterocycles. The van der Waals surface area contributed by atoms with Gasteiger partial charge in [-0.15, -0.1) is 0 Å². The second kappa shape index (κ2) is 6.81. The van der Waals surface area contributed by atoms with Crippen LogP contribution >= 0.6 is 0 Å². The first-order valence-corrected chi connectivity index (χ1v) is 8.04. The molecule has 0 saturated carbocycles. The molecule has 0 bridgehead atoms. The Bertz CT molecular complexity index is 637. The number of pyridine rings is 1. The van der Waals surface area contributed by atoms with Crippen molar-refractivity contribution in [2.24, 2.45) is 0 Å². The number of carbonyl (C=O) groups is 1. The molecule has 1 saturated heterocycles. The summed E-state index contributed by atoms with van der Waals surface area (Å²) in [6, 6.07) is 5.52. The number of likely N-dealkylation sites (tertiary alicyclic amines) is 1. The van der Waals surface area contributed by atoms with E-state index in [-0.39, 0.29) is 12.0 Å². The van der Waals surface area contributed by atoms with Crippen LogP contribution in [0.2, 0.25) is 0 Å². The summed E-state index contributed by atoms with van der Waals surface area (Å²) in [5.41, 5.74) is 1.70. The summed E-state index contributed by atoms with van der Waals surface area (Å²) < 4.78 is 5.51. The number of piperidine rings is 1. The molecule has 1 aliphatic heterocycles. The molecule has 1 fully saturated rings. The summed E-state index contributed by atoms with van der Waals surface area (Å²) in [4.78, 5) is 18.8. The van der Waals surface area contributed by atoms with Gasteiger partial charge >= 0.3 is 0 Å². The number of H-pyrrole nitrogens is 1. The number of nitrogens with zero attached hydrogens (tertiary/aromatic N) is 3. The molecule has 0 spiro atoms. The molecule has 0 aromatic carbocycles. The molecule has 0 unspecified atom stereocenters. The number of nitrogens with one attached hydrogen (secondary N) is 1. The highest BCUT2D eigenvalue weighted by Crippen LogP contribution is 2.26. The van der Waals surface area contributed by atoms with Crippen LogP contribution in [0.3, 0.4) is 0 Å². The van der Waals surface area contributed by atoms with Gasteiger partial charge in [0, 0.05) is 43.2 Å². The van der Waals surface area contributed by atoms with Crippen LogP contribution in [0.4, 0.5) is 0 Å². The minimum Gasteiger partial charge on any atom is -0.475 e. The van der Waals surface area contributed by atoms with Crippen molar-refractivity contribution >= 4 is 5.91 Å². The van der Waals surface area contributed by atoms with E-state index in [0.717, 1.165) is 25.1 Å². The highest BCUT2D eigenvalue weighted by atomic mass is 16.5. The number of ether oxygens (including phenoxy) is 1. The predicted molar refractivity (Wildman–Crippen MR) is 86.5 cm³/mol. The zero-order valence-electron chi connectivity index (χ0n) is 13.5. The van der Waals surface area contributed by atoms with Crippen LogP contribution in [0.5, 0.6) is 5.88 Å². The summed E-state index contributed by atoms with van der Waals surface area (Å²) in [5.74, 6) is 0.898. The Labute approximate surface area is 135 Å². The monoisotopic (exact) mass is 314 g/mol. The van der Waals surface area contributed by atoms with Gasteiger partial charge in [0.05, 0.1) is 11.7 Å². The number of rotatable bonds is 4. The van der Waals surface area contributed by atoms with Crippen molar-refractivity contribution < 1.29 is 9.53 Å². The van der Waals surface area contributed by atoms with Gasteiger partial charge in [0.15, 0.2) is 0 Å². The van der Waals surface area contributed by atoms with Gasteiger partial charge in [-0.25, -0.2) is 4.98 Å². The summed E-state index contributed by atoms with van der Waals surface area (Å²) >= 11 is 0. The Kier molecular flexibility index (Phi) is 4.60. The number of aromatic amines is 1. The first kappa shape index (κ1) is 15.5. The number of hydrogen-bond acceptors (Lipinski definition) is 4. The van der Waals surface area contributed by atoms with Crippen molar-refractivity contribution in [3.05, 3.63) is 41.9 Å². The third kappa shape index (κ3) is 3.70. The quantitative estimate of drug-likeness (QED) is 0.941. The second-order valence-corrected chi connectivity index (χ2v) is 6.15. The molecule has 0 radical (unpaired) electrons. The molecular formula is C17H22N4O2. The van der Waals surface area contributed by atoms with Crippen molar-refractivity contribution in [2.75, 3.05) is 13.1 Å². The van der Waals surface area contributed by atoms with Gasteiger partial charge in [0.1, 0.15) is 0 Å². The van der Waals surface area contributed by atoms with Crippen LogP contribution in [0.15, 0.2) is 30.6 Å². The summed E-state index contributed by atoms with van der Waals surface area (Å²) in [6.07, 6.45) is 5.50. The Morgan fingerprint density at radius 2 is 2.26 bits per heavy atom. The molecule has 2 aromatic heterocycles. The van der Waals surface area contributed by atoms with Crippen molar-refractivity contribution in [3.8, 4) is 5.88 Å². The lowest BCUT2D eigenvalue weighted by molar-refractivity contribution is 0.0705. The fraction of sp³-hybridized carbons (Fsp3) is 0.471. The smallest absolute Gasteiger partial charge is 0.255 e. The molecule has 2 aromatic rings. The molecular weight excluding hydrogens is 292 g/mol. The molecule has 1 N–H and O–H groups in total. The number of amides is 1. The SMILES string of the molecule is CC(C)Oc1ccc(C(=O)N2CCC[C@H](c3ccn[nH]3)C2)cn1. The first-order chi connectivity index (χ1) is 11.1. The van der Waals surface area contributed by atoms with E-state index in [1.807, 2.05) is 24.8 Å². The second-order valence-electron chi connectivity index (χ2n) is 6.15. The average molecular weight is 314 g/mol. The van der Waals surface area contributed by atoms with Gasteiger partial charge in [-0.1, -0.05) is 0 Å². The van der Waals surface area contributed by atoms with E-state index in [1.165, 1.54) is 0 Å². The molecule has 122 valence electrons. The lowest BCUT2D eigenvalue weighted by atomic mass is 9.94. The van der Waals surface area contributed by atoms with Gasteiger partial charge in [-0.2, -0.15) is 5.10 Å². The summed E-state index contributed by atoms with van der Waals surface area (Å²) in [7, 11) is 0. The zero-order valence-corrected chi connectivity index (χ0v) is 13.5. The summed E-state index contributed by atoms with van der Waals surface area (Å²) in [5, 5.41) is 7.02. The van der Waals surface area contributed by atoms with E-state index in [9.17, 15) is 4.79 Å². The Morgan fingerprint density at radius 3 is 2.91 bits per heavy atom. The van der Waals surface area contributed by atoms with Gasteiger partial charge in [-0.05, 0) is 38.8 Å². The highest BCUT2D eigenvalue weighted by molar-refractivity contribution is 5.94. The Hall–Kier alpha value is -2.37. The lowest BCUT2D eigenvalue weighted by Gasteiger charge is -2.32. The van der Waals surface area contributed by atoms with Gasteiger partial charge in [-0.3, -0.25) is 9.89 Å². The Morgan fingerprint density at radius 1 is 1.39 bits per heavy atom. The van der Waals surface area contributed by atoms with E-state index >= 15 is 0 Å². The first-order valence-electron chi connectivity index (χ1n) is 8.04. The molecule has 1 aliphatic rings. The van der Waals surface area contributed by atoms with Gasteiger partial charge in [0.2, 0.25) is 5.88 Å². The summed E-state index contributed by atoms with van der Waals surface area (Å²) in [6.45, 7) is 5.40. The van der Waals surface area contributed by atoms with Crippen LogP contribution in [-0.4, -0.2) is 45.2 Å². The lowest BCUT2D eigenvalue weighted by Crippen LogP contribution is -2.39. The predicted octanol–water partition coefficient (Wildman–Crippen LogP) is 2.61. The van der Waals surface area contributed by atoms with E-state index in [2.05, 4.69) is 15.2 Å². The van der Waals surface area contributed by atoms with Crippen LogP contribution < -0.4 is 4.74 Å². The molecule has 3 rings (SSSR count). The topological polar surface area (TPSA) is 71.1 Å². The molecule has 1 atom stereocenters. The third-order valence-corrected chi connectivity index (χ3v) is 4.01. The molecule has 1 amide bonds. The van der Waals surface area contributed by atoms with Crippen LogP contribution in [0, 0.1) is 0 Å². The minimum absolute atomic E-state index is 0.0258. The molecule has 6 heteroatoms. The highest BCUT2D eigenvalue weighted by Gasteiger charge is 2.26. The number of carbonyl (C=O) groups excluding carboxylic acids is 1. The van der Waals surface area contributed by atoms with Crippen LogP contribution in [0.25, 0.3) is 0 Å². The standard InChI is InChI=1S/C17H22N4O2/c1-12(2)23-16-6-5-13(10-18-16)17(22)21-9-3-4-14(11-21)15-7-8-19-20-15/h5-8,10,12,14H,3-4,9,11H2,1-2H3,(H,19,20)/t14-/m0/s1. The third-order valence-electron chi connectivity index (χ3n) is 4.01. The fourth-order valence-corrected chi connectivity index (χ4v) is 2.91. The maximum Gasteiger partial charge on any atom is 0.255 e. The molecule has 0 aliphatic carbocycles. The maximum atomic E-state index is 12.7. The van der Waals surface area contributed by atoms with Crippen molar-refractivity contribution in [1.29, 1.82) is 0 Å². The van der Waals surface area contributed by atoms with Gasteiger partial charge < -0.3 is 9.64 Å². The zero-order chi connectivity index (χ0) is 16.2. The van der Waals surface area contributed by atoms with Crippen molar-refractivity contribution in [2.45, 2.75) is 38.7 Å². The maximum absolute atomic E-state index is 12.7. The molecule has 6 nitrogen and oxygen atoms in total. The molecule has 23 heavy (non-hydrogen) atoms. The number of hydrogen-bond donors (Lipinski definition) is 1. The Balaban J connectivity index is 1.67. The van der Waals surface area contributed by atoms with Crippen LogP contribution in [0.1, 0.15) is 48.7 Å². The van der Waals surface area contributed by atoms with Crippen molar-refractivity contribution in [3.63, 3.8) is 0 Å². The van der Waals surface area contributed by atoms with Crippen molar-refractivity contribution in [1.82, 2.24) is 20.1 Å². The average Bonchev–Trinajstić information content (AvgIpc) is 3.09. The minimum atomic E-state index is 0.0258. The van der Waals surface area contributed by atoms with E-state index in [4.69, 9.17) is 4.74 Å². The normalized spacial score (nSPS) is 18.2. The van der Waals surface area contributed by atoms with Crippen LogP contribution in [-0.2, 0) is 0 Å². The number of aromatic nitrogens is 3. The van der Waals surface area contributed by atoms with E-state index < -0.39 is 0 Å². The van der Waals surface area contributed by atoms with E-state index in [0.29, 0.717) is 23.9 Å². The van der Waals surface area contributed by atoms with Gasteiger partial charge in [0.25, 0.3) is 5.91 Å². The largest absolute Gasteiger partial charge is 0.475 e. The fourth-order valence-electron chi connectivity index (χ4n) is 2.91.